The van der Waals surface area contributed by atoms with Crippen molar-refractivity contribution in [3.05, 3.63) is 15.8 Å². The molecule has 0 saturated heterocycles. The van der Waals surface area contributed by atoms with Crippen LogP contribution in [-0.4, -0.2) is 35.0 Å². The van der Waals surface area contributed by atoms with Crippen LogP contribution in [0, 0.1) is 17.0 Å². The molecule has 0 atom stereocenters. The fourth-order valence-electron chi connectivity index (χ4n) is 1.96. The molecule has 0 fully saturated rings. The lowest BCUT2D eigenvalue weighted by atomic mass is 10.3. The summed E-state index contributed by atoms with van der Waals surface area (Å²) in [5, 5.41) is 14.1. The third-order valence-electron chi connectivity index (χ3n) is 2.73. The van der Waals surface area contributed by atoms with Crippen LogP contribution < -0.4 is 10.2 Å². The lowest BCUT2D eigenvalue weighted by molar-refractivity contribution is -0.385. The molecule has 0 aliphatic carbocycles. The van der Waals surface area contributed by atoms with E-state index in [1.165, 1.54) is 0 Å². The molecule has 0 radical (unpaired) electrons. The van der Waals surface area contributed by atoms with Crippen LogP contribution in [0.1, 0.15) is 32.4 Å². The molecule has 1 heterocycles. The molecule has 1 aromatic heterocycles. The van der Waals surface area contributed by atoms with E-state index in [-0.39, 0.29) is 5.69 Å². The minimum Gasteiger partial charge on any atom is -0.357 e. The van der Waals surface area contributed by atoms with Crippen molar-refractivity contribution in [1.82, 2.24) is 9.97 Å². The van der Waals surface area contributed by atoms with E-state index < -0.39 is 4.92 Å². The van der Waals surface area contributed by atoms with Gasteiger partial charge in [0.15, 0.2) is 0 Å². The average Bonchev–Trinajstić information content (AvgIpc) is 2.36. The van der Waals surface area contributed by atoms with Crippen molar-refractivity contribution in [2.75, 3.05) is 30.4 Å². The molecule has 7 heteroatoms. The van der Waals surface area contributed by atoms with Gasteiger partial charge in [-0.05, 0) is 19.8 Å². The highest BCUT2D eigenvalue weighted by Gasteiger charge is 2.25. The Morgan fingerprint density at radius 3 is 2.26 bits per heavy atom. The first-order chi connectivity index (χ1) is 9.04. The fourth-order valence-corrected chi connectivity index (χ4v) is 1.96. The summed E-state index contributed by atoms with van der Waals surface area (Å²) in [6, 6.07) is 0. The first kappa shape index (κ1) is 15.1. The van der Waals surface area contributed by atoms with Gasteiger partial charge in [0.05, 0.1) is 4.92 Å². The smallest absolute Gasteiger partial charge is 0.332 e. The lowest BCUT2D eigenvalue weighted by Crippen LogP contribution is -2.27. The molecule has 0 aliphatic heterocycles. The molecule has 19 heavy (non-hydrogen) atoms. The molecule has 1 N–H and O–H groups in total. The van der Waals surface area contributed by atoms with Gasteiger partial charge in [0.1, 0.15) is 5.69 Å². The number of nitrogens with zero attached hydrogens (tertiary/aromatic N) is 4. The molecule has 1 rings (SSSR count). The number of rotatable bonds is 7. The highest BCUT2D eigenvalue weighted by atomic mass is 16.6. The van der Waals surface area contributed by atoms with Gasteiger partial charge in [0.25, 0.3) is 0 Å². The van der Waals surface area contributed by atoms with E-state index in [1.54, 1.807) is 14.0 Å². The van der Waals surface area contributed by atoms with Gasteiger partial charge >= 0.3 is 5.69 Å². The molecule has 106 valence electrons. The zero-order chi connectivity index (χ0) is 14.4. The third kappa shape index (κ3) is 3.52. The molecule has 0 saturated carbocycles. The Bertz CT molecular complexity index is 444. The molecule has 0 aliphatic rings. The number of nitrogens with one attached hydrogen (secondary N) is 1. The standard InChI is InChI=1S/C12H21N5O2/c1-5-7-16(8-6-2)11-10(17(18)19)9(3)14-12(13-4)15-11/h5-8H2,1-4H3,(H,13,14,15). The summed E-state index contributed by atoms with van der Waals surface area (Å²) in [5.74, 6) is 0.820. The van der Waals surface area contributed by atoms with Gasteiger partial charge in [-0.15, -0.1) is 0 Å². The molecular weight excluding hydrogens is 246 g/mol. The summed E-state index contributed by atoms with van der Waals surface area (Å²) in [4.78, 5) is 21.1. The van der Waals surface area contributed by atoms with E-state index in [0.717, 1.165) is 25.9 Å². The van der Waals surface area contributed by atoms with Gasteiger partial charge < -0.3 is 10.2 Å². The number of nitro groups is 1. The number of hydrogen-bond donors (Lipinski definition) is 1. The van der Waals surface area contributed by atoms with Crippen LogP contribution >= 0.6 is 0 Å². The van der Waals surface area contributed by atoms with Crippen LogP contribution in [0.3, 0.4) is 0 Å². The van der Waals surface area contributed by atoms with Gasteiger partial charge in [0, 0.05) is 20.1 Å². The summed E-state index contributed by atoms with van der Waals surface area (Å²) in [6.07, 6.45) is 1.82. The van der Waals surface area contributed by atoms with Crippen molar-refractivity contribution in [3.8, 4) is 0 Å². The van der Waals surface area contributed by atoms with Crippen LogP contribution in [0.2, 0.25) is 0 Å². The molecule has 1 aromatic rings. The van der Waals surface area contributed by atoms with Crippen molar-refractivity contribution >= 4 is 17.5 Å². The summed E-state index contributed by atoms with van der Waals surface area (Å²) in [7, 11) is 1.70. The zero-order valence-corrected chi connectivity index (χ0v) is 11.9. The molecule has 0 bridgehead atoms. The summed E-state index contributed by atoms with van der Waals surface area (Å²) < 4.78 is 0. The fraction of sp³-hybridized carbons (Fsp3) is 0.667. The molecule has 0 aromatic carbocycles. The average molecular weight is 267 g/mol. The van der Waals surface area contributed by atoms with Crippen LogP contribution in [-0.2, 0) is 0 Å². The van der Waals surface area contributed by atoms with Crippen molar-refractivity contribution in [3.63, 3.8) is 0 Å². The summed E-state index contributed by atoms with van der Waals surface area (Å²) in [6.45, 7) is 7.21. The van der Waals surface area contributed by atoms with E-state index in [1.807, 2.05) is 18.7 Å². The second-order valence-corrected chi connectivity index (χ2v) is 4.30. The Morgan fingerprint density at radius 1 is 1.26 bits per heavy atom. The molecule has 0 amide bonds. The largest absolute Gasteiger partial charge is 0.357 e. The highest BCUT2D eigenvalue weighted by molar-refractivity contribution is 5.62. The van der Waals surface area contributed by atoms with Crippen molar-refractivity contribution in [2.24, 2.45) is 0 Å². The molecule has 0 spiro atoms. The molecular formula is C12H21N5O2. The Kier molecular flexibility index (Phi) is 5.47. The van der Waals surface area contributed by atoms with Gasteiger partial charge in [-0.1, -0.05) is 13.8 Å². The Labute approximate surface area is 113 Å². The number of aromatic nitrogens is 2. The predicted octanol–water partition coefficient (Wildman–Crippen LogP) is 2.36. The van der Waals surface area contributed by atoms with Crippen molar-refractivity contribution < 1.29 is 4.92 Å². The SMILES string of the molecule is CCCN(CCC)c1nc(NC)nc(C)c1[N+](=O)[O-]. The van der Waals surface area contributed by atoms with Gasteiger partial charge in [-0.3, -0.25) is 10.1 Å². The van der Waals surface area contributed by atoms with E-state index in [0.29, 0.717) is 17.5 Å². The number of aryl methyl sites for hydroxylation is 1. The van der Waals surface area contributed by atoms with Crippen LogP contribution in [0.5, 0.6) is 0 Å². The number of hydrogen-bond acceptors (Lipinski definition) is 6. The summed E-state index contributed by atoms with van der Waals surface area (Å²) in [5.41, 5.74) is 0.387. The topological polar surface area (TPSA) is 84.2 Å². The minimum atomic E-state index is -0.400. The first-order valence-electron chi connectivity index (χ1n) is 6.50. The predicted molar refractivity (Wildman–Crippen MR) is 75.8 cm³/mol. The zero-order valence-electron chi connectivity index (χ0n) is 11.9. The summed E-state index contributed by atoms with van der Waals surface area (Å²) >= 11 is 0. The van der Waals surface area contributed by atoms with Crippen molar-refractivity contribution in [2.45, 2.75) is 33.6 Å². The third-order valence-corrected chi connectivity index (χ3v) is 2.73. The molecule has 0 unspecified atom stereocenters. The second-order valence-electron chi connectivity index (χ2n) is 4.30. The van der Waals surface area contributed by atoms with E-state index in [2.05, 4.69) is 15.3 Å². The normalized spacial score (nSPS) is 10.3. The molecule has 7 nitrogen and oxygen atoms in total. The van der Waals surface area contributed by atoms with Crippen LogP contribution in [0.25, 0.3) is 0 Å². The Hall–Kier alpha value is -1.92. The quantitative estimate of drug-likeness (QED) is 0.603. The van der Waals surface area contributed by atoms with Crippen LogP contribution in [0.15, 0.2) is 0 Å². The number of anilines is 2. The second kappa shape index (κ2) is 6.86. The Balaban J connectivity index is 3.34. The maximum Gasteiger partial charge on any atom is 0.332 e. The van der Waals surface area contributed by atoms with E-state index >= 15 is 0 Å². The Morgan fingerprint density at radius 2 is 1.84 bits per heavy atom. The van der Waals surface area contributed by atoms with E-state index in [4.69, 9.17) is 0 Å². The van der Waals surface area contributed by atoms with Gasteiger partial charge in [0.2, 0.25) is 11.8 Å². The van der Waals surface area contributed by atoms with Gasteiger partial charge in [-0.2, -0.15) is 4.98 Å². The van der Waals surface area contributed by atoms with Crippen LogP contribution in [0.4, 0.5) is 17.5 Å². The maximum atomic E-state index is 11.2. The monoisotopic (exact) mass is 267 g/mol. The lowest BCUT2D eigenvalue weighted by Gasteiger charge is -2.22. The van der Waals surface area contributed by atoms with E-state index in [9.17, 15) is 10.1 Å². The van der Waals surface area contributed by atoms with Crippen molar-refractivity contribution in [1.29, 1.82) is 0 Å². The highest BCUT2D eigenvalue weighted by Crippen LogP contribution is 2.30. The van der Waals surface area contributed by atoms with Gasteiger partial charge in [-0.25, -0.2) is 4.98 Å². The first-order valence-corrected chi connectivity index (χ1v) is 6.50. The minimum absolute atomic E-state index is 0.000833. The maximum absolute atomic E-state index is 11.2.